The van der Waals surface area contributed by atoms with E-state index in [1.54, 1.807) is 40.1 Å². The molecule has 1 unspecified atom stereocenters. The summed E-state index contributed by atoms with van der Waals surface area (Å²) in [5.74, 6) is -0.565. The summed E-state index contributed by atoms with van der Waals surface area (Å²) in [6.07, 6.45) is 0.662. The number of hydrogen-bond acceptors (Lipinski definition) is 5. The fraction of sp³-hybridized carbons (Fsp3) is 0.444. The van der Waals surface area contributed by atoms with E-state index in [1.807, 2.05) is 13.8 Å². The Balaban J connectivity index is 1.58. The number of methoxy groups -OCH3 is 1. The van der Waals surface area contributed by atoms with E-state index in [0.717, 1.165) is 0 Å². The summed E-state index contributed by atoms with van der Waals surface area (Å²) in [7, 11) is 1.53. The van der Waals surface area contributed by atoms with Gasteiger partial charge in [0, 0.05) is 43.6 Å². The number of likely N-dealkylation sites (tertiary alicyclic amines) is 1. The lowest BCUT2D eigenvalue weighted by Gasteiger charge is -2.44. The molecule has 2 fully saturated rings. The van der Waals surface area contributed by atoms with Crippen LogP contribution in [0.1, 0.15) is 47.4 Å². The molecule has 2 aliphatic rings. The van der Waals surface area contributed by atoms with Crippen LogP contribution in [0.3, 0.4) is 0 Å². The molecular weight excluding hydrogens is 465 g/mol. The number of halogens is 1. The molecule has 2 aromatic rings. The lowest BCUT2D eigenvalue weighted by molar-refractivity contribution is -0.128. The van der Waals surface area contributed by atoms with Crippen LogP contribution in [0.15, 0.2) is 48.5 Å². The highest BCUT2D eigenvalue weighted by Crippen LogP contribution is 2.39. The molecule has 1 spiro atoms. The smallest absolute Gasteiger partial charge is 0.257 e. The van der Waals surface area contributed by atoms with Crippen LogP contribution in [0.5, 0.6) is 5.75 Å². The molecule has 9 heteroatoms. The molecule has 3 amide bonds. The van der Waals surface area contributed by atoms with Gasteiger partial charge in [0.2, 0.25) is 5.91 Å². The van der Waals surface area contributed by atoms with Crippen molar-refractivity contribution >= 4 is 17.7 Å². The quantitative estimate of drug-likeness (QED) is 0.663. The summed E-state index contributed by atoms with van der Waals surface area (Å²) < 4.78 is 25.1. The first kappa shape index (κ1) is 25.6. The lowest BCUT2D eigenvalue weighted by Crippen LogP contribution is -2.60. The molecule has 0 saturated carbocycles. The van der Waals surface area contributed by atoms with Crippen molar-refractivity contribution in [1.29, 1.82) is 0 Å². The van der Waals surface area contributed by atoms with E-state index in [2.05, 4.69) is 5.32 Å². The summed E-state index contributed by atoms with van der Waals surface area (Å²) >= 11 is 0. The largest absolute Gasteiger partial charge is 0.497 e. The molecule has 2 saturated heterocycles. The molecule has 36 heavy (non-hydrogen) atoms. The standard InChI is InChI=1S/C27H32FN3O5/c1-18(2)16-29-24(32)23-17-36-27(31(23)26(34)20-7-5-9-22(15-20)35-3)10-12-30(13-11-27)25(33)19-6-4-8-21(28)14-19/h4-9,14-15,18,23H,10-13,16-17H2,1-3H3,(H,29,32). The van der Waals surface area contributed by atoms with Crippen LogP contribution in [0.4, 0.5) is 4.39 Å². The predicted molar refractivity (Wildman–Crippen MR) is 131 cm³/mol. The fourth-order valence-corrected chi connectivity index (χ4v) is 4.75. The lowest BCUT2D eigenvalue weighted by atomic mass is 9.96. The van der Waals surface area contributed by atoms with Crippen molar-refractivity contribution in [2.75, 3.05) is 33.4 Å². The van der Waals surface area contributed by atoms with Gasteiger partial charge in [-0.1, -0.05) is 26.0 Å². The first-order valence-corrected chi connectivity index (χ1v) is 12.2. The van der Waals surface area contributed by atoms with E-state index in [9.17, 15) is 18.8 Å². The average molecular weight is 498 g/mol. The summed E-state index contributed by atoms with van der Waals surface area (Å²) in [4.78, 5) is 43.0. The second kappa shape index (κ2) is 10.7. The topological polar surface area (TPSA) is 88.2 Å². The first-order chi connectivity index (χ1) is 17.2. The summed E-state index contributed by atoms with van der Waals surface area (Å²) in [5, 5.41) is 2.92. The van der Waals surface area contributed by atoms with Crippen molar-refractivity contribution < 1.29 is 28.2 Å². The Kier molecular flexibility index (Phi) is 7.59. The van der Waals surface area contributed by atoms with Gasteiger partial charge in [-0.25, -0.2) is 4.39 Å². The number of nitrogens with one attached hydrogen (secondary N) is 1. The fourth-order valence-electron chi connectivity index (χ4n) is 4.75. The molecule has 0 radical (unpaired) electrons. The molecule has 192 valence electrons. The second-order valence-corrected chi connectivity index (χ2v) is 9.62. The third kappa shape index (κ3) is 5.21. The van der Waals surface area contributed by atoms with Crippen LogP contribution in [0.2, 0.25) is 0 Å². The predicted octanol–water partition coefficient (Wildman–Crippen LogP) is 3.08. The number of amides is 3. The van der Waals surface area contributed by atoms with E-state index in [4.69, 9.17) is 9.47 Å². The van der Waals surface area contributed by atoms with Crippen LogP contribution in [-0.2, 0) is 9.53 Å². The Morgan fingerprint density at radius 1 is 1.08 bits per heavy atom. The van der Waals surface area contributed by atoms with Crippen molar-refractivity contribution in [3.05, 3.63) is 65.5 Å². The number of carbonyl (C=O) groups excluding carboxylic acids is 3. The minimum absolute atomic E-state index is 0.0669. The molecule has 1 N–H and O–H groups in total. The number of benzene rings is 2. The molecule has 2 aromatic carbocycles. The maximum atomic E-state index is 13.8. The van der Waals surface area contributed by atoms with Gasteiger partial charge in [-0.3, -0.25) is 19.3 Å². The van der Waals surface area contributed by atoms with E-state index >= 15 is 0 Å². The zero-order valence-electron chi connectivity index (χ0n) is 20.8. The normalized spacial score (nSPS) is 19.0. The number of nitrogens with zero attached hydrogens (tertiary/aromatic N) is 2. The minimum atomic E-state index is -1.03. The number of rotatable bonds is 6. The van der Waals surface area contributed by atoms with Gasteiger partial charge in [-0.2, -0.15) is 0 Å². The molecule has 8 nitrogen and oxygen atoms in total. The van der Waals surface area contributed by atoms with Crippen LogP contribution in [0, 0.1) is 11.7 Å². The molecule has 2 aliphatic heterocycles. The molecule has 0 bridgehead atoms. The Labute approximate surface area is 210 Å². The summed E-state index contributed by atoms with van der Waals surface area (Å²) in [6, 6.07) is 11.6. The zero-order chi connectivity index (χ0) is 25.9. The van der Waals surface area contributed by atoms with Gasteiger partial charge in [-0.15, -0.1) is 0 Å². The molecule has 1 atom stereocenters. The highest BCUT2D eigenvalue weighted by Gasteiger charge is 2.54. The molecule has 2 heterocycles. The van der Waals surface area contributed by atoms with Crippen molar-refractivity contribution in [2.24, 2.45) is 5.92 Å². The van der Waals surface area contributed by atoms with Gasteiger partial charge < -0.3 is 19.7 Å². The van der Waals surface area contributed by atoms with Crippen LogP contribution in [-0.4, -0.2) is 72.6 Å². The van der Waals surface area contributed by atoms with E-state index in [-0.39, 0.29) is 35.8 Å². The molecule has 0 aliphatic carbocycles. The van der Waals surface area contributed by atoms with Crippen LogP contribution in [0.25, 0.3) is 0 Å². The van der Waals surface area contributed by atoms with Gasteiger partial charge >= 0.3 is 0 Å². The molecular formula is C27H32FN3O5. The third-order valence-corrected chi connectivity index (χ3v) is 6.69. The Morgan fingerprint density at radius 2 is 1.75 bits per heavy atom. The second-order valence-electron chi connectivity index (χ2n) is 9.62. The Bertz CT molecular complexity index is 1130. The van der Waals surface area contributed by atoms with E-state index in [0.29, 0.717) is 43.8 Å². The van der Waals surface area contributed by atoms with E-state index < -0.39 is 17.6 Å². The van der Waals surface area contributed by atoms with Gasteiger partial charge in [0.1, 0.15) is 23.3 Å². The maximum Gasteiger partial charge on any atom is 0.257 e. The number of carbonyl (C=O) groups is 3. The van der Waals surface area contributed by atoms with Crippen molar-refractivity contribution in [3.63, 3.8) is 0 Å². The van der Waals surface area contributed by atoms with Gasteiger partial charge in [0.15, 0.2) is 0 Å². The highest BCUT2D eigenvalue weighted by molar-refractivity contribution is 5.99. The van der Waals surface area contributed by atoms with E-state index in [1.165, 1.54) is 25.3 Å². The summed E-state index contributed by atoms with van der Waals surface area (Å²) in [5.41, 5.74) is -0.369. The van der Waals surface area contributed by atoms with Crippen LogP contribution >= 0.6 is 0 Å². The van der Waals surface area contributed by atoms with Gasteiger partial charge in [-0.05, 0) is 42.3 Å². The molecule has 4 rings (SSSR count). The number of hydrogen-bond donors (Lipinski definition) is 1. The maximum absolute atomic E-state index is 13.8. The van der Waals surface area contributed by atoms with Crippen LogP contribution < -0.4 is 10.1 Å². The number of ether oxygens (including phenoxy) is 2. The van der Waals surface area contributed by atoms with Gasteiger partial charge in [0.25, 0.3) is 11.8 Å². The minimum Gasteiger partial charge on any atom is -0.497 e. The summed E-state index contributed by atoms with van der Waals surface area (Å²) in [6.45, 7) is 5.15. The monoisotopic (exact) mass is 497 g/mol. The SMILES string of the molecule is COc1cccc(C(=O)N2C(C(=O)NCC(C)C)COC23CCN(C(=O)c2cccc(F)c2)CC3)c1. The third-order valence-electron chi connectivity index (χ3n) is 6.69. The Morgan fingerprint density at radius 3 is 2.39 bits per heavy atom. The van der Waals surface area contributed by atoms with Crippen molar-refractivity contribution in [2.45, 2.75) is 38.5 Å². The van der Waals surface area contributed by atoms with Crippen molar-refractivity contribution in [3.8, 4) is 5.75 Å². The number of piperidine rings is 1. The average Bonchev–Trinajstić information content (AvgIpc) is 3.25. The van der Waals surface area contributed by atoms with Gasteiger partial charge in [0.05, 0.1) is 13.7 Å². The molecule has 0 aromatic heterocycles. The zero-order valence-corrected chi connectivity index (χ0v) is 20.8. The Hall–Kier alpha value is -3.46. The highest BCUT2D eigenvalue weighted by atomic mass is 19.1. The first-order valence-electron chi connectivity index (χ1n) is 12.2. The van der Waals surface area contributed by atoms with Crippen molar-refractivity contribution in [1.82, 2.24) is 15.1 Å².